The Labute approximate surface area is 103 Å². The van der Waals surface area contributed by atoms with Gasteiger partial charge in [-0.3, -0.25) is 10.1 Å². The number of anilines is 1. The van der Waals surface area contributed by atoms with Gasteiger partial charge in [0.05, 0.1) is 17.6 Å². The minimum atomic E-state index is -0.477. The Morgan fingerprint density at radius 3 is 3.06 bits per heavy atom. The summed E-state index contributed by atoms with van der Waals surface area (Å²) in [5.41, 5.74) is -0.0695. The van der Waals surface area contributed by atoms with Crippen molar-refractivity contribution in [1.82, 2.24) is 4.98 Å². The largest absolute Gasteiger partial charge is 0.379 e. The fourth-order valence-corrected chi connectivity index (χ4v) is 1.88. The van der Waals surface area contributed by atoms with Gasteiger partial charge in [0.25, 0.3) is 0 Å². The summed E-state index contributed by atoms with van der Waals surface area (Å²) in [6.45, 7) is 1.27. The van der Waals surface area contributed by atoms with E-state index in [0.717, 1.165) is 19.4 Å². The summed E-state index contributed by atoms with van der Waals surface area (Å²) in [5, 5.41) is 14.1. The Morgan fingerprint density at radius 1 is 1.59 bits per heavy atom. The van der Waals surface area contributed by atoms with E-state index >= 15 is 0 Å². The molecule has 92 valence electrons. The molecular weight excluding hydrogens is 246 g/mol. The predicted molar refractivity (Wildman–Crippen MR) is 63.4 cm³/mol. The Kier molecular flexibility index (Phi) is 3.75. The lowest BCUT2D eigenvalue weighted by atomic mass is 10.1. The molecule has 6 nitrogen and oxygen atoms in total. The van der Waals surface area contributed by atoms with Gasteiger partial charge in [-0.2, -0.15) is 0 Å². The Bertz CT molecular complexity index is 421. The van der Waals surface area contributed by atoms with Crippen molar-refractivity contribution in [2.45, 2.75) is 18.9 Å². The molecule has 0 aliphatic carbocycles. The number of rotatable bonds is 3. The summed E-state index contributed by atoms with van der Waals surface area (Å²) >= 11 is 5.73. The Morgan fingerprint density at radius 2 is 2.41 bits per heavy atom. The topological polar surface area (TPSA) is 77.3 Å². The summed E-state index contributed by atoms with van der Waals surface area (Å²) in [6, 6.07) is 2.80. The van der Waals surface area contributed by atoms with Gasteiger partial charge < -0.3 is 10.1 Å². The van der Waals surface area contributed by atoms with E-state index < -0.39 is 4.92 Å². The first-order valence-corrected chi connectivity index (χ1v) is 5.70. The van der Waals surface area contributed by atoms with Crippen molar-refractivity contribution in [2.24, 2.45) is 0 Å². The third-order valence-corrected chi connectivity index (χ3v) is 2.75. The van der Waals surface area contributed by atoms with Crippen LogP contribution in [0.3, 0.4) is 0 Å². The second-order valence-electron chi connectivity index (χ2n) is 3.82. The molecule has 1 aromatic rings. The summed E-state index contributed by atoms with van der Waals surface area (Å²) < 4.78 is 5.29. The van der Waals surface area contributed by atoms with Crippen LogP contribution < -0.4 is 5.32 Å². The normalized spacial score (nSPS) is 19.9. The van der Waals surface area contributed by atoms with Crippen molar-refractivity contribution in [2.75, 3.05) is 18.5 Å². The molecule has 7 heteroatoms. The molecule has 0 saturated carbocycles. The standard InChI is InChI=1S/C10H12ClN3O3/c11-9-4-3-8(14(15)16)10(13-9)12-7-2-1-5-17-6-7/h3-4,7H,1-2,5-6H2,(H,12,13). The smallest absolute Gasteiger partial charge is 0.311 e. The third kappa shape index (κ3) is 3.04. The molecule has 0 bridgehead atoms. The van der Waals surface area contributed by atoms with E-state index in [9.17, 15) is 10.1 Å². The maximum Gasteiger partial charge on any atom is 0.311 e. The molecule has 1 aliphatic heterocycles. The Hall–Kier alpha value is -1.40. The number of hydrogen-bond donors (Lipinski definition) is 1. The molecule has 1 atom stereocenters. The number of ether oxygens (including phenoxy) is 1. The van der Waals surface area contributed by atoms with E-state index in [4.69, 9.17) is 16.3 Å². The number of hydrogen-bond acceptors (Lipinski definition) is 5. The van der Waals surface area contributed by atoms with Crippen molar-refractivity contribution in [3.8, 4) is 0 Å². The number of nitrogens with one attached hydrogen (secondary N) is 1. The molecule has 2 heterocycles. The second-order valence-corrected chi connectivity index (χ2v) is 4.20. The summed E-state index contributed by atoms with van der Waals surface area (Å²) in [5.74, 6) is 0.206. The fourth-order valence-electron chi connectivity index (χ4n) is 1.73. The van der Waals surface area contributed by atoms with E-state index in [0.29, 0.717) is 6.61 Å². The third-order valence-electron chi connectivity index (χ3n) is 2.54. The molecule has 0 radical (unpaired) electrons. The molecule has 1 unspecified atom stereocenters. The van der Waals surface area contributed by atoms with Crippen LogP contribution in [0.4, 0.5) is 11.5 Å². The van der Waals surface area contributed by atoms with Crippen molar-refractivity contribution in [3.63, 3.8) is 0 Å². The molecular formula is C10H12ClN3O3. The number of nitro groups is 1. The highest BCUT2D eigenvalue weighted by Gasteiger charge is 2.20. The van der Waals surface area contributed by atoms with Crippen LogP contribution in [-0.4, -0.2) is 29.2 Å². The minimum absolute atomic E-state index is 0.0495. The average molecular weight is 258 g/mol. The zero-order valence-corrected chi connectivity index (χ0v) is 9.81. The highest BCUT2D eigenvalue weighted by molar-refractivity contribution is 6.29. The maximum absolute atomic E-state index is 10.8. The zero-order chi connectivity index (χ0) is 12.3. The molecule has 17 heavy (non-hydrogen) atoms. The predicted octanol–water partition coefficient (Wildman–Crippen LogP) is 2.23. The van der Waals surface area contributed by atoms with Crippen molar-refractivity contribution in [3.05, 3.63) is 27.4 Å². The van der Waals surface area contributed by atoms with E-state index in [1.54, 1.807) is 0 Å². The maximum atomic E-state index is 10.8. The average Bonchev–Trinajstić information content (AvgIpc) is 2.30. The molecule has 1 aliphatic rings. The van der Waals surface area contributed by atoms with Crippen LogP contribution in [0.1, 0.15) is 12.8 Å². The first kappa shape index (κ1) is 12.1. The van der Waals surface area contributed by atoms with E-state index in [-0.39, 0.29) is 22.7 Å². The fraction of sp³-hybridized carbons (Fsp3) is 0.500. The molecule has 0 amide bonds. The van der Waals surface area contributed by atoms with Gasteiger partial charge in [-0.25, -0.2) is 4.98 Å². The van der Waals surface area contributed by atoms with Gasteiger partial charge >= 0.3 is 5.69 Å². The molecule has 1 fully saturated rings. The van der Waals surface area contributed by atoms with Crippen molar-refractivity contribution < 1.29 is 9.66 Å². The number of nitrogens with zero attached hydrogens (tertiary/aromatic N) is 2. The molecule has 1 saturated heterocycles. The molecule has 2 rings (SSSR count). The van der Waals surface area contributed by atoms with Gasteiger partial charge in [-0.15, -0.1) is 0 Å². The van der Waals surface area contributed by atoms with Crippen LogP contribution in [0.2, 0.25) is 5.15 Å². The summed E-state index contributed by atoms with van der Waals surface area (Å²) in [7, 11) is 0. The van der Waals surface area contributed by atoms with E-state index in [2.05, 4.69) is 10.3 Å². The van der Waals surface area contributed by atoms with Crippen LogP contribution >= 0.6 is 11.6 Å². The lowest BCUT2D eigenvalue weighted by Gasteiger charge is -2.23. The van der Waals surface area contributed by atoms with Gasteiger partial charge in [-0.05, 0) is 18.9 Å². The van der Waals surface area contributed by atoms with E-state index in [1.165, 1.54) is 12.1 Å². The van der Waals surface area contributed by atoms with Crippen molar-refractivity contribution >= 4 is 23.1 Å². The quantitative estimate of drug-likeness (QED) is 0.510. The highest BCUT2D eigenvalue weighted by Crippen LogP contribution is 2.25. The zero-order valence-electron chi connectivity index (χ0n) is 9.06. The van der Waals surface area contributed by atoms with Gasteiger partial charge in [0, 0.05) is 12.7 Å². The molecule has 1 N–H and O–H groups in total. The van der Waals surface area contributed by atoms with Crippen LogP contribution in [0, 0.1) is 10.1 Å². The first-order valence-electron chi connectivity index (χ1n) is 5.32. The molecule has 0 aromatic carbocycles. The summed E-state index contributed by atoms with van der Waals surface area (Å²) in [6.07, 6.45) is 1.84. The lowest BCUT2D eigenvalue weighted by Crippen LogP contribution is -2.30. The van der Waals surface area contributed by atoms with Gasteiger partial charge in [0.15, 0.2) is 0 Å². The minimum Gasteiger partial charge on any atom is -0.379 e. The molecule has 1 aromatic heterocycles. The number of halogens is 1. The highest BCUT2D eigenvalue weighted by atomic mass is 35.5. The number of aromatic nitrogens is 1. The van der Waals surface area contributed by atoms with Crippen LogP contribution in [-0.2, 0) is 4.74 Å². The lowest BCUT2D eigenvalue weighted by molar-refractivity contribution is -0.384. The Balaban J connectivity index is 2.17. The van der Waals surface area contributed by atoms with Crippen LogP contribution in [0.5, 0.6) is 0 Å². The summed E-state index contributed by atoms with van der Waals surface area (Å²) in [4.78, 5) is 14.3. The SMILES string of the molecule is O=[N+]([O-])c1ccc(Cl)nc1NC1CCCOC1. The van der Waals surface area contributed by atoms with Gasteiger partial charge in [-0.1, -0.05) is 11.6 Å². The van der Waals surface area contributed by atoms with E-state index in [1.807, 2.05) is 0 Å². The van der Waals surface area contributed by atoms with Gasteiger partial charge in [0.2, 0.25) is 5.82 Å². The second kappa shape index (κ2) is 5.29. The van der Waals surface area contributed by atoms with Crippen molar-refractivity contribution in [1.29, 1.82) is 0 Å². The molecule has 0 spiro atoms. The van der Waals surface area contributed by atoms with Crippen LogP contribution in [0.25, 0.3) is 0 Å². The number of pyridine rings is 1. The first-order chi connectivity index (χ1) is 8.16. The van der Waals surface area contributed by atoms with Gasteiger partial charge in [0.1, 0.15) is 5.15 Å². The monoisotopic (exact) mass is 257 g/mol. The van der Waals surface area contributed by atoms with Crippen LogP contribution in [0.15, 0.2) is 12.1 Å².